The maximum atomic E-state index is 10.7. The van der Waals surface area contributed by atoms with Crippen LogP contribution >= 0.6 is 0 Å². The van der Waals surface area contributed by atoms with E-state index in [9.17, 15) is 4.79 Å². The maximum absolute atomic E-state index is 10.7. The molecule has 0 atom stereocenters. The molecule has 0 amide bonds. The zero-order valence-corrected chi connectivity index (χ0v) is 10.8. The molecule has 0 saturated heterocycles. The first kappa shape index (κ1) is 12.9. The topological polar surface area (TPSA) is 81.6 Å². The number of anilines is 1. The molecule has 6 nitrogen and oxygen atoms in total. The van der Waals surface area contributed by atoms with Crippen LogP contribution in [-0.4, -0.2) is 34.6 Å². The van der Waals surface area contributed by atoms with Crippen molar-refractivity contribution in [1.82, 2.24) is 9.38 Å². The largest absolute Gasteiger partial charge is 0.481 e. The molecule has 2 heterocycles. The fraction of sp³-hybridized carbons (Fsp3) is 0.308. The number of nitrogens with zero attached hydrogens (tertiary/aromatic N) is 4. The first-order chi connectivity index (χ1) is 9.04. The number of imidazole rings is 1. The van der Waals surface area contributed by atoms with Crippen LogP contribution in [0.4, 0.5) is 5.82 Å². The third kappa shape index (κ3) is 2.36. The molecule has 0 radical (unpaired) electrons. The number of fused-ring (bicyclic) bond motifs is 1. The average Bonchev–Trinajstić information content (AvgIpc) is 2.74. The summed E-state index contributed by atoms with van der Waals surface area (Å²) in [6.07, 6.45) is 0.286. The predicted molar refractivity (Wildman–Crippen MR) is 70.2 cm³/mol. The Morgan fingerprint density at radius 3 is 2.84 bits per heavy atom. The molecule has 0 aromatic carbocycles. The molecule has 0 spiro atoms. The summed E-state index contributed by atoms with van der Waals surface area (Å²) in [6.45, 7) is 0. The molecule has 0 bridgehead atoms. The van der Waals surface area contributed by atoms with Crippen LogP contribution in [0.1, 0.15) is 17.9 Å². The van der Waals surface area contributed by atoms with Crippen molar-refractivity contribution in [2.75, 3.05) is 19.0 Å². The zero-order valence-electron chi connectivity index (χ0n) is 10.8. The van der Waals surface area contributed by atoms with Crippen molar-refractivity contribution in [3.05, 3.63) is 29.7 Å². The third-order valence-electron chi connectivity index (χ3n) is 2.84. The summed E-state index contributed by atoms with van der Waals surface area (Å²) in [7, 11) is 3.78. The number of pyridine rings is 1. The second-order valence-corrected chi connectivity index (χ2v) is 4.38. The van der Waals surface area contributed by atoms with Crippen LogP contribution in [0.25, 0.3) is 5.52 Å². The van der Waals surface area contributed by atoms with E-state index in [1.54, 1.807) is 0 Å². The van der Waals surface area contributed by atoms with E-state index in [4.69, 9.17) is 10.4 Å². The quantitative estimate of drug-likeness (QED) is 0.893. The molecule has 2 aromatic heterocycles. The Morgan fingerprint density at radius 2 is 2.26 bits per heavy atom. The lowest BCUT2D eigenvalue weighted by molar-refractivity contribution is -0.137. The fourth-order valence-electron chi connectivity index (χ4n) is 2.01. The molecule has 2 aromatic rings. The van der Waals surface area contributed by atoms with Gasteiger partial charge in [-0.15, -0.1) is 0 Å². The van der Waals surface area contributed by atoms with E-state index in [0.29, 0.717) is 23.5 Å². The van der Waals surface area contributed by atoms with Gasteiger partial charge in [-0.05, 0) is 12.1 Å². The fourth-order valence-corrected chi connectivity index (χ4v) is 2.01. The monoisotopic (exact) mass is 258 g/mol. The zero-order chi connectivity index (χ0) is 14.0. The minimum Gasteiger partial charge on any atom is -0.481 e. The molecule has 0 aliphatic rings. The molecule has 1 N–H and O–H groups in total. The highest BCUT2D eigenvalue weighted by Crippen LogP contribution is 2.21. The number of carbonyl (C=O) groups is 1. The van der Waals surface area contributed by atoms with Crippen LogP contribution in [0.15, 0.2) is 18.2 Å². The van der Waals surface area contributed by atoms with Crippen LogP contribution in [0.5, 0.6) is 0 Å². The molecule has 19 heavy (non-hydrogen) atoms. The van der Waals surface area contributed by atoms with Gasteiger partial charge in [0.1, 0.15) is 17.7 Å². The van der Waals surface area contributed by atoms with Crippen LogP contribution in [0, 0.1) is 11.3 Å². The van der Waals surface area contributed by atoms with Gasteiger partial charge in [0.2, 0.25) is 0 Å². The summed E-state index contributed by atoms with van der Waals surface area (Å²) >= 11 is 0. The second-order valence-electron chi connectivity index (χ2n) is 4.38. The number of hydrogen-bond donors (Lipinski definition) is 1. The molecule has 0 saturated carbocycles. The van der Waals surface area contributed by atoms with Crippen LogP contribution in [0.3, 0.4) is 0 Å². The lowest BCUT2D eigenvalue weighted by atomic mass is 10.3. The number of carboxylic acid groups (broad SMARTS) is 1. The predicted octanol–water partition coefficient (Wildman–Crippen LogP) is 1.29. The number of aliphatic carboxylic acids is 1. The standard InChI is InChI=1S/C13H14N4O2/c1-16(2)12-5-3-4-10-9(8-14)15-11(17(10)12)6-7-13(18)19/h3-5H,6-7H2,1-2H3,(H,18,19). The van der Waals surface area contributed by atoms with E-state index in [2.05, 4.69) is 4.98 Å². The Kier molecular flexibility index (Phi) is 3.38. The van der Waals surface area contributed by atoms with Crippen molar-refractivity contribution in [2.24, 2.45) is 0 Å². The van der Waals surface area contributed by atoms with E-state index in [1.807, 2.05) is 47.7 Å². The van der Waals surface area contributed by atoms with Gasteiger partial charge in [-0.25, -0.2) is 4.98 Å². The van der Waals surface area contributed by atoms with Crippen molar-refractivity contribution in [1.29, 1.82) is 5.26 Å². The minimum absolute atomic E-state index is 0.00819. The molecule has 2 rings (SSSR count). The Hall–Kier alpha value is -2.55. The van der Waals surface area contributed by atoms with Gasteiger partial charge >= 0.3 is 5.97 Å². The van der Waals surface area contributed by atoms with Gasteiger partial charge in [-0.3, -0.25) is 9.20 Å². The summed E-state index contributed by atoms with van der Waals surface area (Å²) in [6, 6.07) is 7.61. The van der Waals surface area contributed by atoms with Crippen LogP contribution in [0.2, 0.25) is 0 Å². The Balaban J connectivity index is 2.62. The number of aryl methyl sites for hydroxylation is 1. The lowest BCUT2D eigenvalue weighted by Crippen LogP contribution is -2.14. The second kappa shape index (κ2) is 4.98. The number of rotatable bonds is 4. The summed E-state index contributed by atoms with van der Waals surface area (Å²) in [5, 5.41) is 17.9. The highest BCUT2D eigenvalue weighted by molar-refractivity contribution is 5.68. The normalized spacial score (nSPS) is 10.4. The van der Waals surface area contributed by atoms with Crippen LogP contribution in [-0.2, 0) is 11.2 Å². The van der Waals surface area contributed by atoms with Crippen molar-refractivity contribution in [2.45, 2.75) is 12.8 Å². The highest BCUT2D eigenvalue weighted by Gasteiger charge is 2.15. The first-order valence-electron chi connectivity index (χ1n) is 5.84. The molecular formula is C13H14N4O2. The molecule has 0 unspecified atom stereocenters. The third-order valence-corrected chi connectivity index (χ3v) is 2.84. The molecule has 0 fully saturated rings. The van der Waals surface area contributed by atoms with Crippen molar-refractivity contribution >= 4 is 17.3 Å². The maximum Gasteiger partial charge on any atom is 0.303 e. The Labute approximate surface area is 110 Å². The van der Waals surface area contributed by atoms with Gasteiger partial charge in [0.15, 0.2) is 5.69 Å². The summed E-state index contributed by atoms with van der Waals surface area (Å²) < 4.78 is 1.83. The van der Waals surface area contributed by atoms with Gasteiger partial charge in [-0.1, -0.05) is 6.07 Å². The lowest BCUT2D eigenvalue weighted by Gasteiger charge is -2.16. The van der Waals surface area contributed by atoms with Crippen molar-refractivity contribution in [3.63, 3.8) is 0 Å². The summed E-state index contributed by atoms with van der Waals surface area (Å²) in [5.74, 6) is 0.586. The minimum atomic E-state index is -0.877. The average molecular weight is 258 g/mol. The van der Waals surface area contributed by atoms with Crippen molar-refractivity contribution < 1.29 is 9.90 Å². The molecule has 0 aliphatic carbocycles. The van der Waals surface area contributed by atoms with Crippen molar-refractivity contribution in [3.8, 4) is 6.07 Å². The molecule has 98 valence electrons. The summed E-state index contributed by atoms with van der Waals surface area (Å²) in [5.41, 5.74) is 1.03. The summed E-state index contributed by atoms with van der Waals surface area (Å²) in [4.78, 5) is 16.8. The molecule has 6 heteroatoms. The first-order valence-corrected chi connectivity index (χ1v) is 5.84. The highest BCUT2D eigenvalue weighted by atomic mass is 16.4. The number of nitriles is 1. The molecular weight excluding hydrogens is 244 g/mol. The SMILES string of the molecule is CN(C)c1cccc2c(C#N)nc(CCC(=O)O)n12. The van der Waals surface area contributed by atoms with E-state index in [1.165, 1.54) is 0 Å². The smallest absolute Gasteiger partial charge is 0.303 e. The van der Waals surface area contributed by atoms with E-state index < -0.39 is 5.97 Å². The van der Waals surface area contributed by atoms with E-state index in [0.717, 1.165) is 5.82 Å². The van der Waals surface area contributed by atoms with Gasteiger partial charge in [0, 0.05) is 20.5 Å². The van der Waals surface area contributed by atoms with E-state index in [-0.39, 0.29) is 6.42 Å². The number of hydrogen-bond acceptors (Lipinski definition) is 4. The van der Waals surface area contributed by atoms with Gasteiger partial charge < -0.3 is 10.0 Å². The van der Waals surface area contributed by atoms with Gasteiger partial charge in [0.25, 0.3) is 0 Å². The Bertz CT molecular complexity index is 667. The van der Waals surface area contributed by atoms with E-state index >= 15 is 0 Å². The number of carboxylic acids is 1. The van der Waals surface area contributed by atoms with Gasteiger partial charge in [0.05, 0.1) is 11.9 Å². The Morgan fingerprint density at radius 1 is 1.53 bits per heavy atom. The number of aromatic nitrogens is 2. The van der Waals surface area contributed by atoms with Gasteiger partial charge in [-0.2, -0.15) is 5.26 Å². The molecule has 0 aliphatic heterocycles. The van der Waals surface area contributed by atoms with Crippen LogP contribution < -0.4 is 4.90 Å².